The molecule has 112 valence electrons. The molecule has 0 aliphatic rings. The molecule has 0 saturated heterocycles. The average Bonchev–Trinajstić information content (AvgIpc) is 2.45. The molecule has 2 aromatic carbocycles. The first-order chi connectivity index (χ1) is 9.92. The molecule has 0 spiro atoms. The van der Waals surface area contributed by atoms with Gasteiger partial charge in [-0.15, -0.1) is 0 Å². The standard InChI is InChI=1S/C16H19NO3S/c1-12-5-4-6-14(9-12)11-17-21(18,19)15-7-8-16(20-3)13(2)10-15/h4-10,17H,11H2,1-3H3. The van der Waals surface area contributed by atoms with Gasteiger partial charge in [0.2, 0.25) is 10.0 Å². The predicted octanol–water partition coefficient (Wildman–Crippen LogP) is 2.79. The highest BCUT2D eigenvalue weighted by atomic mass is 32.2. The first-order valence-corrected chi connectivity index (χ1v) is 8.10. The summed E-state index contributed by atoms with van der Waals surface area (Å²) >= 11 is 0. The summed E-state index contributed by atoms with van der Waals surface area (Å²) < 4.78 is 32.3. The van der Waals surface area contributed by atoms with Crippen molar-refractivity contribution in [2.45, 2.75) is 25.3 Å². The molecular weight excluding hydrogens is 286 g/mol. The Morgan fingerprint density at radius 2 is 1.86 bits per heavy atom. The second kappa shape index (κ2) is 6.28. The minimum atomic E-state index is -3.52. The molecule has 0 unspecified atom stereocenters. The quantitative estimate of drug-likeness (QED) is 0.924. The van der Waals surface area contributed by atoms with Crippen LogP contribution in [0.3, 0.4) is 0 Å². The van der Waals surface area contributed by atoms with Crippen molar-refractivity contribution in [1.82, 2.24) is 4.72 Å². The number of hydrogen-bond acceptors (Lipinski definition) is 3. The molecule has 0 amide bonds. The molecule has 0 bridgehead atoms. The topological polar surface area (TPSA) is 55.4 Å². The number of rotatable bonds is 5. The summed E-state index contributed by atoms with van der Waals surface area (Å²) in [5.41, 5.74) is 2.83. The second-order valence-corrected chi connectivity index (χ2v) is 6.71. The van der Waals surface area contributed by atoms with Gasteiger partial charge in [0, 0.05) is 6.54 Å². The first-order valence-electron chi connectivity index (χ1n) is 6.62. The van der Waals surface area contributed by atoms with Crippen molar-refractivity contribution in [2.75, 3.05) is 7.11 Å². The lowest BCUT2D eigenvalue weighted by Gasteiger charge is -2.10. The Morgan fingerprint density at radius 1 is 1.10 bits per heavy atom. The van der Waals surface area contributed by atoms with Gasteiger partial charge in [-0.05, 0) is 43.2 Å². The van der Waals surface area contributed by atoms with Crippen molar-refractivity contribution in [3.8, 4) is 5.75 Å². The van der Waals surface area contributed by atoms with Crippen molar-refractivity contribution < 1.29 is 13.2 Å². The maximum Gasteiger partial charge on any atom is 0.240 e. The van der Waals surface area contributed by atoms with Gasteiger partial charge >= 0.3 is 0 Å². The summed E-state index contributed by atoms with van der Waals surface area (Å²) in [4.78, 5) is 0.244. The third kappa shape index (κ3) is 3.83. The van der Waals surface area contributed by atoms with Gasteiger partial charge < -0.3 is 4.74 Å². The Kier molecular flexibility index (Phi) is 4.65. The molecule has 5 heteroatoms. The zero-order valence-corrected chi connectivity index (χ0v) is 13.2. The summed E-state index contributed by atoms with van der Waals surface area (Å²) in [6.07, 6.45) is 0. The van der Waals surface area contributed by atoms with Crippen LogP contribution < -0.4 is 9.46 Å². The maximum absolute atomic E-state index is 12.3. The maximum atomic E-state index is 12.3. The monoisotopic (exact) mass is 305 g/mol. The van der Waals surface area contributed by atoms with E-state index in [4.69, 9.17) is 4.74 Å². The number of sulfonamides is 1. The van der Waals surface area contributed by atoms with Crippen molar-refractivity contribution >= 4 is 10.0 Å². The Balaban J connectivity index is 2.17. The van der Waals surface area contributed by atoms with E-state index in [1.807, 2.05) is 38.1 Å². The fourth-order valence-electron chi connectivity index (χ4n) is 2.10. The highest BCUT2D eigenvalue weighted by Gasteiger charge is 2.15. The number of aryl methyl sites for hydroxylation is 2. The van der Waals surface area contributed by atoms with Crippen LogP contribution in [0.2, 0.25) is 0 Å². The van der Waals surface area contributed by atoms with Crippen molar-refractivity contribution in [3.05, 3.63) is 59.2 Å². The minimum Gasteiger partial charge on any atom is -0.496 e. The number of nitrogens with one attached hydrogen (secondary N) is 1. The average molecular weight is 305 g/mol. The van der Waals surface area contributed by atoms with Crippen molar-refractivity contribution in [1.29, 1.82) is 0 Å². The van der Waals surface area contributed by atoms with Crippen molar-refractivity contribution in [2.24, 2.45) is 0 Å². The fraction of sp³-hybridized carbons (Fsp3) is 0.250. The molecule has 21 heavy (non-hydrogen) atoms. The molecule has 0 aliphatic heterocycles. The molecule has 0 aliphatic carbocycles. The van der Waals surface area contributed by atoms with E-state index in [9.17, 15) is 8.42 Å². The molecule has 0 fully saturated rings. The van der Waals surface area contributed by atoms with Crippen molar-refractivity contribution in [3.63, 3.8) is 0 Å². The zero-order chi connectivity index (χ0) is 15.5. The highest BCUT2D eigenvalue weighted by molar-refractivity contribution is 7.89. The van der Waals surface area contributed by atoms with E-state index in [0.29, 0.717) is 5.75 Å². The van der Waals surface area contributed by atoms with Crippen LogP contribution in [0.5, 0.6) is 5.75 Å². The lowest BCUT2D eigenvalue weighted by Crippen LogP contribution is -2.23. The molecule has 0 aromatic heterocycles. The number of ether oxygens (including phenoxy) is 1. The van der Waals surface area contributed by atoms with E-state index >= 15 is 0 Å². The molecule has 2 rings (SSSR count). The van der Waals surface area contributed by atoms with Crippen LogP contribution in [-0.2, 0) is 16.6 Å². The summed E-state index contributed by atoms with van der Waals surface area (Å²) in [7, 11) is -1.96. The number of benzene rings is 2. The number of methoxy groups -OCH3 is 1. The normalized spacial score (nSPS) is 11.4. The third-order valence-electron chi connectivity index (χ3n) is 3.23. The first kappa shape index (κ1) is 15.5. The molecule has 0 heterocycles. The zero-order valence-electron chi connectivity index (χ0n) is 12.4. The van der Waals surface area contributed by atoms with E-state index in [-0.39, 0.29) is 11.4 Å². The van der Waals surface area contributed by atoms with Gasteiger partial charge in [0.1, 0.15) is 5.75 Å². The van der Waals surface area contributed by atoms with E-state index in [1.165, 1.54) is 0 Å². The van der Waals surface area contributed by atoms with Gasteiger partial charge in [0.25, 0.3) is 0 Å². The highest BCUT2D eigenvalue weighted by Crippen LogP contribution is 2.21. The minimum absolute atomic E-state index is 0.244. The van der Waals surface area contributed by atoms with E-state index < -0.39 is 10.0 Å². The van der Waals surface area contributed by atoms with E-state index in [0.717, 1.165) is 16.7 Å². The predicted molar refractivity (Wildman–Crippen MR) is 82.9 cm³/mol. The molecular formula is C16H19NO3S. The van der Waals surface area contributed by atoms with Gasteiger partial charge in [-0.1, -0.05) is 29.8 Å². The van der Waals surface area contributed by atoms with Gasteiger partial charge in [-0.2, -0.15) is 0 Å². The molecule has 1 N–H and O–H groups in total. The number of hydrogen-bond donors (Lipinski definition) is 1. The van der Waals surface area contributed by atoms with Crippen LogP contribution in [0.4, 0.5) is 0 Å². The SMILES string of the molecule is COc1ccc(S(=O)(=O)NCc2cccc(C)c2)cc1C. The van der Waals surface area contributed by atoms with Crippen LogP contribution in [-0.4, -0.2) is 15.5 Å². The van der Waals surface area contributed by atoms with E-state index in [2.05, 4.69) is 4.72 Å². The summed E-state index contributed by atoms with van der Waals surface area (Å²) in [5, 5.41) is 0. The largest absolute Gasteiger partial charge is 0.496 e. The van der Waals surface area contributed by atoms with Crippen LogP contribution >= 0.6 is 0 Å². The molecule has 0 saturated carbocycles. The smallest absolute Gasteiger partial charge is 0.240 e. The third-order valence-corrected chi connectivity index (χ3v) is 4.62. The summed E-state index contributed by atoms with van der Waals surface area (Å²) in [6, 6.07) is 12.6. The van der Waals surface area contributed by atoms with E-state index in [1.54, 1.807) is 25.3 Å². The lowest BCUT2D eigenvalue weighted by atomic mass is 10.1. The second-order valence-electron chi connectivity index (χ2n) is 4.95. The molecule has 4 nitrogen and oxygen atoms in total. The van der Waals surface area contributed by atoms with Crippen LogP contribution in [0.25, 0.3) is 0 Å². The van der Waals surface area contributed by atoms with Crippen LogP contribution in [0.15, 0.2) is 47.4 Å². The van der Waals surface area contributed by atoms with Crippen LogP contribution in [0.1, 0.15) is 16.7 Å². The lowest BCUT2D eigenvalue weighted by molar-refractivity contribution is 0.411. The fourth-order valence-corrected chi connectivity index (χ4v) is 3.20. The molecule has 2 aromatic rings. The summed E-state index contributed by atoms with van der Waals surface area (Å²) in [6.45, 7) is 4.07. The van der Waals surface area contributed by atoms with Gasteiger partial charge in [-0.3, -0.25) is 0 Å². The van der Waals surface area contributed by atoms with Gasteiger partial charge in [0.05, 0.1) is 12.0 Å². The Morgan fingerprint density at radius 3 is 2.48 bits per heavy atom. The molecule has 0 atom stereocenters. The Bertz CT molecular complexity index is 739. The summed E-state index contributed by atoms with van der Waals surface area (Å²) in [5.74, 6) is 0.674. The molecule has 0 radical (unpaired) electrons. The Hall–Kier alpha value is -1.85. The van der Waals surface area contributed by atoms with Crippen LogP contribution in [0, 0.1) is 13.8 Å². The van der Waals surface area contributed by atoms with Gasteiger partial charge in [-0.25, -0.2) is 13.1 Å². The van der Waals surface area contributed by atoms with Gasteiger partial charge in [0.15, 0.2) is 0 Å². The Labute approximate surface area is 125 Å².